The van der Waals surface area contributed by atoms with E-state index in [9.17, 15) is 9.59 Å². The zero-order valence-corrected chi connectivity index (χ0v) is 10.2. The molecule has 0 atom stereocenters. The molecule has 0 heterocycles. The van der Waals surface area contributed by atoms with E-state index >= 15 is 0 Å². The first-order valence-electron chi connectivity index (χ1n) is 6.21. The average Bonchev–Trinajstić information content (AvgIpc) is 2.26. The van der Waals surface area contributed by atoms with Crippen molar-refractivity contribution in [2.75, 3.05) is 6.54 Å². The van der Waals surface area contributed by atoms with Crippen LogP contribution in [0.25, 0.3) is 0 Å². The van der Waals surface area contributed by atoms with Crippen molar-refractivity contribution >= 4 is 11.9 Å². The Morgan fingerprint density at radius 1 is 1.22 bits per heavy atom. The first kappa shape index (κ1) is 12.6. The van der Waals surface area contributed by atoms with Crippen molar-refractivity contribution in [3.8, 4) is 0 Å². The maximum absolute atomic E-state index is 12.1. The van der Waals surface area contributed by atoms with E-state index in [-0.39, 0.29) is 18.4 Å². The van der Waals surface area contributed by atoms with Crippen LogP contribution < -0.4 is 0 Å². The molecule has 0 aliphatic heterocycles. The summed E-state index contributed by atoms with van der Waals surface area (Å²) in [6, 6.07) is 9.49. The van der Waals surface area contributed by atoms with E-state index in [0.717, 1.165) is 24.8 Å². The van der Waals surface area contributed by atoms with E-state index in [1.54, 1.807) is 0 Å². The summed E-state index contributed by atoms with van der Waals surface area (Å²) in [6.45, 7) is 0.159. The summed E-state index contributed by atoms with van der Waals surface area (Å²) in [5, 5.41) is 8.89. The van der Waals surface area contributed by atoms with Crippen LogP contribution in [0.3, 0.4) is 0 Å². The van der Waals surface area contributed by atoms with Gasteiger partial charge in [-0.2, -0.15) is 0 Å². The first-order chi connectivity index (χ1) is 8.66. The molecule has 2 rings (SSSR count). The molecule has 0 unspecified atom stereocenters. The predicted molar refractivity (Wildman–Crippen MR) is 66.8 cm³/mol. The lowest BCUT2D eigenvalue weighted by Gasteiger charge is -2.30. The van der Waals surface area contributed by atoms with Gasteiger partial charge in [0.05, 0.1) is 0 Å². The number of hydrogen-bond acceptors (Lipinski definition) is 2. The summed E-state index contributed by atoms with van der Waals surface area (Å²) in [7, 11) is 0. The fourth-order valence-electron chi connectivity index (χ4n) is 2.09. The molecule has 1 saturated carbocycles. The number of hydrogen-bond donors (Lipinski definition) is 1. The van der Waals surface area contributed by atoms with Gasteiger partial charge in [-0.25, -0.2) is 0 Å². The minimum absolute atomic E-state index is 0.0208. The molecule has 0 saturated heterocycles. The quantitative estimate of drug-likeness (QED) is 0.864. The summed E-state index contributed by atoms with van der Waals surface area (Å²) in [5.41, 5.74) is 0.964. The van der Waals surface area contributed by atoms with E-state index in [1.807, 2.05) is 30.3 Å². The van der Waals surface area contributed by atoms with Gasteiger partial charge >= 0.3 is 5.97 Å². The monoisotopic (exact) mass is 247 g/mol. The van der Waals surface area contributed by atoms with E-state index in [4.69, 9.17) is 5.11 Å². The van der Waals surface area contributed by atoms with Crippen LogP contribution in [0.15, 0.2) is 30.3 Å². The normalized spacial score (nSPS) is 14.9. The Labute approximate surface area is 106 Å². The highest BCUT2D eigenvalue weighted by Crippen LogP contribution is 2.28. The van der Waals surface area contributed by atoms with Crippen LogP contribution in [-0.2, 0) is 16.1 Å². The number of amides is 1. The highest BCUT2D eigenvalue weighted by Gasteiger charge is 2.30. The molecule has 1 aromatic carbocycles. The Kier molecular flexibility index (Phi) is 3.97. The third-order valence-electron chi connectivity index (χ3n) is 3.31. The summed E-state index contributed by atoms with van der Waals surface area (Å²) in [5.74, 6) is -0.945. The summed E-state index contributed by atoms with van der Waals surface area (Å²) in [6.07, 6.45) is 2.86. The Morgan fingerprint density at radius 3 is 2.39 bits per heavy atom. The van der Waals surface area contributed by atoms with Crippen LogP contribution >= 0.6 is 0 Å². The second-order valence-corrected chi connectivity index (χ2v) is 4.70. The van der Waals surface area contributed by atoms with Gasteiger partial charge in [-0.3, -0.25) is 9.59 Å². The number of carboxylic acid groups (broad SMARTS) is 1. The summed E-state index contributed by atoms with van der Waals surface area (Å²) < 4.78 is 0. The van der Waals surface area contributed by atoms with Crippen molar-refractivity contribution in [1.29, 1.82) is 0 Å². The van der Waals surface area contributed by atoms with Gasteiger partial charge in [-0.15, -0.1) is 0 Å². The second kappa shape index (κ2) is 5.67. The largest absolute Gasteiger partial charge is 0.480 e. The van der Waals surface area contributed by atoms with Crippen molar-refractivity contribution in [3.05, 3.63) is 35.9 Å². The number of aliphatic carboxylic acids is 1. The Bertz CT molecular complexity index is 426. The molecule has 4 heteroatoms. The van der Waals surface area contributed by atoms with Gasteiger partial charge < -0.3 is 10.0 Å². The molecule has 4 nitrogen and oxygen atoms in total. The van der Waals surface area contributed by atoms with E-state index in [1.165, 1.54) is 4.90 Å². The van der Waals surface area contributed by atoms with Gasteiger partial charge in [0.15, 0.2) is 0 Å². The SMILES string of the molecule is O=C(O)CN(Cc1ccccc1)C(=O)C1CCC1. The van der Waals surface area contributed by atoms with Crippen molar-refractivity contribution in [2.45, 2.75) is 25.8 Å². The molecule has 0 aromatic heterocycles. The molecule has 1 aromatic rings. The lowest BCUT2D eigenvalue weighted by molar-refractivity contribution is -0.148. The zero-order chi connectivity index (χ0) is 13.0. The number of carboxylic acids is 1. The van der Waals surface area contributed by atoms with Gasteiger partial charge in [0.25, 0.3) is 0 Å². The Morgan fingerprint density at radius 2 is 1.89 bits per heavy atom. The highest BCUT2D eigenvalue weighted by atomic mass is 16.4. The Hall–Kier alpha value is -1.84. The van der Waals surface area contributed by atoms with Crippen molar-refractivity contribution in [1.82, 2.24) is 4.90 Å². The van der Waals surface area contributed by atoms with Crippen molar-refractivity contribution in [3.63, 3.8) is 0 Å². The molecule has 1 aliphatic carbocycles. The van der Waals surface area contributed by atoms with Gasteiger partial charge in [-0.05, 0) is 18.4 Å². The molecule has 1 N–H and O–H groups in total. The van der Waals surface area contributed by atoms with Gasteiger partial charge in [0, 0.05) is 12.5 Å². The Balaban J connectivity index is 2.04. The molecule has 96 valence electrons. The molecular weight excluding hydrogens is 230 g/mol. The standard InChI is InChI=1S/C14H17NO3/c16-13(17)10-15(14(18)12-7-4-8-12)9-11-5-2-1-3-6-11/h1-3,5-6,12H,4,7-10H2,(H,16,17). The number of benzene rings is 1. The lowest BCUT2D eigenvalue weighted by atomic mass is 9.84. The fourth-order valence-corrected chi connectivity index (χ4v) is 2.09. The topological polar surface area (TPSA) is 57.6 Å². The molecule has 18 heavy (non-hydrogen) atoms. The third kappa shape index (κ3) is 3.09. The minimum Gasteiger partial charge on any atom is -0.480 e. The van der Waals surface area contributed by atoms with Gasteiger partial charge in [0.1, 0.15) is 6.54 Å². The lowest BCUT2D eigenvalue weighted by Crippen LogP contribution is -2.41. The van der Waals surface area contributed by atoms with Crippen LogP contribution in [0, 0.1) is 5.92 Å². The molecule has 0 spiro atoms. The molecule has 0 radical (unpaired) electrons. The maximum Gasteiger partial charge on any atom is 0.323 e. The van der Waals surface area contributed by atoms with Crippen LogP contribution in [0.4, 0.5) is 0 Å². The summed E-state index contributed by atoms with van der Waals surface area (Å²) in [4.78, 5) is 24.4. The maximum atomic E-state index is 12.1. The van der Waals surface area contributed by atoms with Crippen molar-refractivity contribution < 1.29 is 14.7 Å². The minimum atomic E-state index is -0.960. The number of nitrogens with zero attached hydrogens (tertiary/aromatic N) is 1. The molecule has 0 bridgehead atoms. The smallest absolute Gasteiger partial charge is 0.323 e. The van der Waals surface area contributed by atoms with Crippen molar-refractivity contribution in [2.24, 2.45) is 5.92 Å². The van der Waals surface area contributed by atoms with E-state index in [0.29, 0.717) is 6.54 Å². The van der Waals surface area contributed by atoms with Crippen LogP contribution in [-0.4, -0.2) is 28.4 Å². The van der Waals surface area contributed by atoms with E-state index in [2.05, 4.69) is 0 Å². The number of carbonyl (C=O) groups is 2. The third-order valence-corrected chi connectivity index (χ3v) is 3.31. The number of rotatable bonds is 5. The summed E-state index contributed by atoms with van der Waals surface area (Å²) >= 11 is 0. The molecule has 1 amide bonds. The highest BCUT2D eigenvalue weighted by molar-refractivity contribution is 5.83. The predicted octanol–water partition coefficient (Wildman–Crippen LogP) is 1.90. The van der Waals surface area contributed by atoms with Crippen LogP contribution in [0.1, 0.15) is 24.8 Å². The van der Waals surface area contributed by atoms with Crippen LogP contribution in [0.5, 0.6) is 0 Å². The van der Waals surface area contributed by atoms with Crippen LogP contribution in [0.2, 0.25) is 0 Å². The molecular formula is C14H17NO3. The molecule has 1 fully saturated rings. The second-order valence-electron chi connectivity index (χ2n) is 4.70. The average molecular weight is 247 g/mol. The fraction of sp³-hybridized carbons (Fsp3) is 0.429. The number of carbonyl (C=O) groups excluding carboxylic acids is 1. The molecule has 1 aliphatic rings. The first-order valence-corrected chi connectivity index (χ1v) is 6.21. The van der Waals surface area contributed by atoms with E-state index < -0.39 is 5.97 Å². The van der Waals surface area contributed by atoms with Gasteiger partial charge in [0.2, 0.25) is 5.91 Å². The zero-order valence-electron chi connectivity index (χ0n) is 10.2. The van der Waals surface area contributed by atoms with Gasteiger partial charge in [-0.1, -0.05) is 36.8 Å².